The molecule has 4 rings (SSSR count). The third kappa shape index (κ3) is 3.54. The van der Waals surface area contributed by atoms with Crippen molar-refractivity contribution in [3.05, 3.63) is 52.1 Å². The molecule has 2 heterocycles. The fraction of sp³-hybridized carbons (Fsp3) is 0.389. The maximum Gasteiger partial charge on any atom is 0.271 e. The third-order valence-electron chi connectivity index (χ3n) is 4.98. The summed E-state index contributed by atoms with van der Waals surface area (Å²) in [5.41, 5.74) is 0.890. The molecule has 2 aliphatic rings. The number of aromatic nitrogens is 2. The van der Waals surface area contributed by atoms with Crippen LogP contribution in [0.1, 0.15) is 26.5 Å². The van der Waals surface area contributed by atoms with Crippen molar-refractivity contribution in [3.8, 4) is 0 Å². The number of hydrogen-bond acceptors (Lipinski definition) is 4. The van der Waals surface area contributed by atoms with E-state index in [1.807, 2.05) is 0 Å². The maximum atomic E-state index is 13.6. The van der Waals surface area contributed by atoms with Crippen molar-refractivity contribution in [1.82, 2.24) is 20.4 Å². The van der Waals surface area contributed by atoms with Crippen LogP contribution in [0, 0.1) is 17.7 Å². The quantitative estimate of drug-likeness (QED) is 0.806. The Kier molecular flexibility index (Phi) is 4.61. The number of nitrogens with one attached hydrogen (secondary N) is 2. The molecule has 1 saturated heterocycles. The van der Waals surface area contributed by atoms with Crippen molar-refractivity contribution in [2.75, 3.05) is 20.3 Å². The highest BCUT2D eigenvalue weighted by Gasteiger charge is 2.54. The van der Waals surface area contributed by atoms with Crippen LogP contribution in [-0.2, 0) is 11.3 Å². The van der Waals surface area contributed by atoms with E-state index >= 15 is 0 Å². The molecule has 0 radical (unpaired) electrons. The molecule has 1 aromatic carbocycles. The fourth-order valence-corrected chi connectivity index (χ4v) is 3.76. The number of nitrogens with zero attached hydrogens (tertiary/aromatic N) is 2. The van der Waals surface area contributed by atoms with Gasteiger partial charge in [-0.05, 0) is 23.8 Å². The molecule has 1 aliphatic carbocycles. The van der Waals surface area contributed by atoms with Crippen LogP contribution in [0.3, 0.4) is 0 Å². The highest BCUT2D eigenvalue weighted by Crippen LogP contribution is 2.44. The van der Waals surface area contributed by atoms with E-state index in [0.717, 1.165) is 0 Å². The van der Waals surface area contributed by atoms with Crippen LogP contribution in [0.15, 0.2) is 24.3 Å². The van der Waals surface area contributed by atoms with Gasteiger partial charge in [0.05, 0.1) is 19.8 Å². The number of benzene rings is 1. The lowest BCUT2D eigenvalue weighted by atomic mass is 10.2. The monoisotopic (exact) mass is 392 g/mol. The molecule has 2 amide bonds. The first kappa shape index (κ1) is 17.9. The van der Waals surface area contributed by atoms with Gasteiger partial charge in [0.1, 0.15) is 11.5 Å². The van der Waals surface area contributed by atoms with Gasteiger partial charge in [-0.1, -0.05) is 11.6 Å². The molecule has 2 unspecified atom stereocenters. The Morgan fingerprint density at radius 2 is 2.00 bits per heavy atom. The standard InChI is InChI=1S/C18H18ClFN4O3/c1-21-17(25)14-5-15(18(26)22-16-12-7-27-8-13(12)16)24(23-14)6-9-2-10(19)4-11(20)3-9/h2-5,12-13,16H,6-8H2,1H3,(H,21,25)(H,22,26). The highest BCUT2D eigenvalue weighted by molar-refractivity contribution is 6.30. The molecular weight excluding hydrogens is 375 g/mol. The van der Waals surface area contributed by atoms with Gasteiger partial charge in [-0.2, -0.15) is 5.10 Å². The molecule has 1 aliphatic heterocycles. The second-order valence-electron chi connectivity index (χ2n) is 6.79. The minimum Gasteiger partial charge on any atom is -0.381 e. The summed E-state index contributed by atoms with van der Waals surface area (Å²) in [6.45, 7) is 1.41. The van der Waals surface area contributed by atoms with E-state index in [0.29, 0.717) is 30.6 Å². The van der Waals surface area contributed by atoms with Crippen LogP contribution >= 0.6 is 11.6 Å². The summed E-state index contributed by atoms with van der Waals surface area (Å²) in [4.78, 5) is 24.7. The van der Waals surface area contributed by atoms with E-state index in [4.69, 9.17) is 16.3 Å². The number of ether oxygens (including phenoxy) is 1. The Bertz CT molecular complexity index is 886. The zero-order valence-electron chi connectivity index (χ0n) is 14.5. The molecule has 2 N–H and O–H groups in total. The van der Waals surface area contributed by atoms with E-state index in [9.17, 15) is 14.0 Å². The first-order valence-electron chi connectivity index (χ1n) is 8.60. The molecule has 1 aromatic heterocycles. The van der Waals surface area contributed by atoms with E-state index in [2.05, 4.69) is 15.7 Å². The number of carbonyl (C=O) groups excluding carboxylic acids is 2. The van der Waals surface area contributed by atoms with Gasteiger partial charge in [-0.3, -0.25) is 14.3 Å². The van der Waals surface area contributed by atoms with E-state index in [1.165, 1.54) is 29.9 Å². The summed E-state index contributed by atoms with van der Waals surface area (Å²) in [6.07, 6.45) is 0. The molecule has 9 heteroatoms. The third-order valence-corrected chi connectivity index (χ3v) is 5.20. The van der Waals surface area contributed by atoms with Crippen molar-refractivity contribution in [2.45, 2.75) is 12.6 Å². The van der Waals surface area contributed by atoms with Crippen LogP contribution in [0.2, 0.25) is 5.02 Å². The molecule has 2 fully saturated rings. The number of carbonyl (C=O) groups is 2. The van der Waals surface area contributed by atoms with Gasteiger partial charge in [0.25, 0.3) is 11.8 Å². The largest absolute Gasteiger partial charge is 0.381 e. The second kappa shape index (κ2) is 6.94. The molecule has 2 aromatic rings. The van der Waals surface area contributed by atoms with Gasteiger partial charge < -0.3 is 15.4 Å². The topological polar surface area (TPSA) is 85.3 Å². The van der Waals surface area contributed by atoms with Gasteiger partial charge in [-0.15, -0.1) is 0 Å². The van der Waals surface area contributed by atoms with Crippen molar-refractivity contribution < 1.29 is 18.7 Å². The summed E-state index contributed by atoms with van der Waals surface area (Å²) in [5, 5.41) is 9.92. The second-order valence-corrected chi connectivity index (χ2v) is 7.23. The molecule has 7 nitrogen and oxygen atoms in total. The predicted molar refractivity (Wildman–Crippen MR) is 95.2 cm³/mol. The molecule has 2 atom stereocenters. The zero-order valence-corrected chi connectivity index (χ0v) is 15.3. The first-order valence-corrected chi connectivity index (χ1v) is 8.97. The van der Waals surface area contributed by atoms with Gasteiger partial charge in [0, 0.05) is 36.0 Å². The summed E-state index contributed by atoms with van der Waals surface area (Å²) in [7, 11) is 1.48. The van der Waals surface area contributed by atoms with Crippen molar-refractivity contribution >= 4 is 23.4 Å². The van der Waals surface area contributed by atoms with E-state index < -0.39 is 11.7 Å². The first-order chi connectivity index (χ1) is 13.0. The van der Waals surface area contributed by atoms with Crippen LogP contribution in [0.25, 0.3) is 0 Å². The lowest BCUT2D eigenvalue weighted by Gasteiger charge is -2.10. The highest BCUT2D eigenvalue weighted by atomic mass is 35.5. The van der Waals surface area contributed by atoms with Crippen LogP contribution in [0.5, 0.6) is 0 Å². The Balaban J connectivity index is 1.59. The van der Waals surface area contributed by atoms with Crippen LogP contribution in [0.4, 0.5) is 4.39 Å². The Labute approximate surface area is 159 Å². The molecule has 1 saturated carbocycles. The number of amides is 2. The van der Waals surface area contributed by atoms with Gasteiger partial charge in [0.15, 0.2) is 5.69 Å². The van der Waals surface area contributed by atoms with Crippen molar-refractivity contribution in [3.63, 3.8) is 0 Å². The average molecular weight is 393 g/mol. The van der Waals surface area contributed by atoms with Gasteiger partial charge in [0.2, 0.25) is 0 Å². The average Bonchev–Trinajstić information content (AvgIpc) is 3.00. The number of fused-ring (bicyclic) bond motifs is 1. The minimum atomic E-state index is -0.479. The molecule has 0 bridgehead atoms. The Hall–Kier alpha value is -2.45. The van der Waals surface area contributed by atoms with E-state index in [1.54, 1.807) is 6.07 Å². The molecular formula is C18H18ClFN4O3. The Morgan fingerprint density at radius 3 is 2.67 bits per heavy atom. The normalized spacial score (nSPS) is 23.0. The minimum absolute atomic E-state index is 0.0849. The lowest BCUT2D eigenvalue weighted by molar-refractivity contribution is 0.0917. The SMILES string of the molecule is CNC(=O)c1cc(C(=O)NC2C3COCC32)n(Cc2cc(F)cc(Cl)c2)n1. The van der Waals surface area contributed by atoms with Gasteiger partial charge in [-0.25, -0.2) is 4.39 Å². The smallest absolute Gasteiger partial charge is 0.271 e. The summed E-state index contributed by atoms with van der Waals surface area (Å²) in [5.74, 6) is -0.499. The molecule has 142 valence electrons. The van der Waals surface area contributed by atoms with Crippen LogP contribution < -0.4 is 10.6 Å². The zero-order chi connectivity index (χ0) is 19.1. The predicted octanol–water partition coefficient (Wildman–Crippen LogP) is 1.46. The Morgan fingerprint density at radius 1 is 1.26 bits per heavy atom. The van der Waals surface area contributed by atoms with Gasteiger partial charge >= 0.3 is 0 Å². The van der Waals surface area contributed by atoms with Crippen molar-refractivity contribution in [1.29, 1.82) is 0 Å². The maximum absolute atomic E-state index is 13.6. The number of halogens is 2. The number of rotatable bonds is 5. The van der Waals surface area contributed by atoms with Crippen LogP contribution in [-0.4, -0.2) is 47.9 Å². The summed E-state index contributed by atoms with van der Waals surface area (Å²) in [6, 6.07) is 5.63. The molecule has 27 heavy (non-hydrogen) atoms. The van der Waals surface area contributed by atoms with Crippen molar-refractivity contribution in [2.24, 2.45) is 11.8 Å². The summed E-state index contributed by atoms with van der Waals surface area (Å²) < 4.78 is 20.3. The lowest BCUT2D eigenvalue weighted by Crippen LogP contribution is -2.31. The van der Waals surface area contributed by atoms with E-state index in [-0.39, 0.29) is 34.9 Å². The molecule has 0 spiro atoms. The fourth-order valence-electron chi connectivity index (χ4n) is 3.51. The number of hydrogen-bond donors (Lipinski definition) is 2. The summed E-state index contributed by atoms with van der Waals surface area (Å²) >= 11 is 5.90.